The van der Waals surface area contributed by atoms with Gasteiger partial charge in [0.05, 0.1) is 16.9 Å². The van der Waals surface area contributed by atoms with E-state index < -0.39 is 29.7 Å². The fourth-order valence-electron chi connectivity index (χ4n) is 4.53. The molecule has 0 aliphatic carbocycles. The SMILES string of the molecule is O=C(Nc1cc(C(F)(F)F)ccn1)c1ccc(-n2nc(C3CCCN(C(=O)O)C3)c3ccnc(F)c32)cc1. The van der Waals surface area contributed by atoms with E-state index in [1.165, 1.54) is 40.0 Å². The Morgan fingerprint density at radius 1 is 1.05 bits per heavy atom. The van der Waals surface area contributed by atoms with Gasteiger partial charge in [0.25, 0.3) is 5.91 Å². The largest absolute Gasteiger partial charge is 0.465 e. The third kappa shape index (κ3) is 4.86. The third-order valence-corrected chi connectivity index (χ3v) is 6.36. The zero-order valence-electron chi connectivity index (χ0n) is 19.6. The summed E-state index contributed by atoms with van der Waals surface area (Å²) in [6.45, 7) is 0.647. The molecule has 0 spiro atoms. The molecule has 0 bridgehead atoms. The van der Waals surface area contributed by atoms with Crippen LogP contribution in [0.1, 0.15) is 40.4 Å². The van der Waals surface area contributed by atoms with Crippen LogP contribution in [-0.2, 0) is 6.18 Å². The summed E-state index contributed by atoms with van der Waals surface area (Å²) in [5.41, 5.74) is 0.255. The van der Waals surface area contributed by atoms with Gasteiger partial charge in [-0.1, -0.05) is 0 Å². The van der Waals surface area contributed by atoms with E-state index in [4.69, 9.17) is 0 Å². The Morgan fingerprint density at radius 3 is 2.50 bits per heavy atom. The van der Waals surface area contributed by atoms with E-state index in [2.05, 4.69) is 20.4 Å². The number of nitrogens with one attached hydrogen (secondary N) is 1. The molecule has 1 fully saturated rings. The Labute approximate surface area is 212 Å². The van der Waals surface area contributed by atoms with Gasteiger partial charge in [0.2, 0.25) is 5.95 Å². The molecule has 1 aromatic carbocycles. The Hall–Kier alpha value is -4.55. The summed E-state index contributed by atoms with van der Waals surface area (Å²) in [5, 5.41) is 16.9. The lowest BCUT2D eigenvalue weighted by atomic mass is 9.93. The van der Waals surface area contributed by atoms with E-state index in [1.807, 2.05) is 0 Å². The van der Waals surface area contributed by atoms with Crippen LogP contribution in [0.15, 0.2) is 54.9 Å². The van der Waals surface area contributed by atoms with Gasteiger partial charge in [-0.3, -0.25) is 4.79 Å². The maximum Gasteiger partial charge on any atom is 0.416 e. The van der Waals surface area contributed by atoms with Crippen LogP contribution >= 0.6 is 0 Å². The second-order valence-electron chi connectivity index (χ2n) is 8.79. The minimum Gasteiger partial charge on any atom is -0.465 e. The molecule has 13 heteroatoms. The fourth-order valence-corrected chi connectivity index (χ4v) is 4.53. The van der Waals surface area contributed by atoms with Gasteiger partial charge in [0.15, 0.2) is 0 Å². The van der Waals surface area contributed by atoms with Crippen LogP contribution < -0.4 is 5.32 Å². The monoisotopic (exact) mass is 528 g/mol. The van der Waals surface area contributed by atoms with Crippen molar-refractivity contribution in [2.24, 2.45) is 0 Å². The second kappa shape index (κ2) is 9.72. The quantitative estimate of drug-likeness (QED) is 0.282. The van der Waals surface area contributed by atoms with Gasteiger partial charge >= 0.3 is 12.3 Å². The first-order valence-electron chi connectivity index (χ1n) is 11.6. The molecule has 1 aliphatic rings. The lowest BCUT2D eigenvalue weighted by molar-refractivity contribution is -0.137. The van der Waals surface area contributed by atoms with E-state index >= 15 is 0 Å². The van der Waals surface area contributed by atoms with Crippen LogP contribution in [0.3, 0.4) is 0 Å². The molecule has 1 aliphatic heterocycles. The summed E-state index contributed by atoms with van der Waals surface area (Å²) >= 11 is 0. The summed E-state index contributed by atoms with van der Waals surface area (Å²) in [7, 11) is 0. The zero-order chi connectivity index (χ0) is 27.0. The van der Waals surface area contributed by atoms with Crippen molar-refractivity contribution in [1.29, 1.82) is 0 Å². The van der Waals surface area contributed by atoms with Crippen LogP contribution in [0.5, 0.6) is 0 Å². The molecule has 196 valence electrons. The average molecular weight is 528 g/mol. The number of alkyl halides is 3. The average Bonchev–Trinajstić information content (AvgIpc) is 3.29. The maximum atomic E-state index is 14.9. The van der Waals surface area contributed by atoms with Crippen molar-refractivity contribution in [3.05, 3.63) is 77.6 Å². The summed E-state index contributed by atoms with van der Waals surface area (Å²) in [5.74, 6) is -1.94. The molecule has 38 heavy (non-hydrogen) atoms. The molecule has 3 aromatic heterocycles. The Balaban J connectivity index is 1.43. The minimum atomic E-state index is -4.58. The number of benzene rings is 1. The number of fused-ring (bicyclic) bond motifs is 1. The highest BCUT2D eigenvalue weighted by Crippen LogP contribution is 2.34. The van der Waals surface area contributed by atoms with Gasteiger partial charge in [0.1, 0.15) is 11.3 Å². The molecule has 0 saturated carbocycles. The Bertz CT molecular complexity index is 1520. The third-order valence-electron chi connectivity index (χ3n) is 6.36. The summed E-state index contributed by atoms with van der Waals surface area (Å²) in [4.78, 5) is 32.9. The number of hydrogen-bond donors (Lipinski definition) is 2. The standard InChI is InChI=1S/C25H20F4N6O3/c26-22-21-18(8-10-31-22)20(15-2-1-11-34(13-15)24(37)38)33-35(21)17-5-3-14(4-6-17)23(36)32-19-12-16(7-9-30-19)25(27,28)29/h3-10,12,15H,1-2,11,13H2,(H,37,38)(H,30,32,36). The first-order chi connectivity index (χ1) is 18.1. The lowest BCUT2D eigenvalue weighted by Gasteiger charge is -2.29. The molecule has 5 rings (SSSR count). The predicted molar refractivity (Wildman–Crippen MR) is 128 cm³/mol. The molecule has 2 N–H and O–H groups in total. The number of rotatable bonds is 4. The molecule has 4 aromatic rings. The van der Waals surface area contributed by atoms with Gasteiger partial charge in [-0.2, -0.15) is 22.7 Å². The van der Waals surface area contributed by atoms with Crippen LogP contribution in [0.2, 0.25) is 0 Å². The van der Waals surface area contributed by atoms with Crippen molar-refractivity contribution in [2.75, 3.05) is 18.4 Å². The van der Waals surface area contributed by atoms with Crippen molar-refractivity contribution >= 4 is 28.7 Å². The fraction of sp³-hybridized carbons (Fsp3) is 0.240. The van der Waals surface area contributed by atoms with E-state index in [9.17, 15) is 32.3 Å². The van der Waals surface area contributed by atoms with E-state index in [1.54, 1.807) is 6.07 Å². The van der Waals surface area contributed by atoms with Crippen LogP contribution in [0.25, 0.3) is 16.6 Å². The highest BCUT2D eigenvalue weighted by molar-refractivity contribution is 6.03. The molecule has 4 heterocycles. The number of nitrogens with zero attached hydrogens (tertiary/aromatic N) is 5. The van der Waals surface area contributed by atoms with E-state index in [-0.39, 0.29) is 29.4 Å². The molecular weight excluding hydrogens is 508 g/mol. The van der Waals surface area contributed by atoms with E-state index in [0.717, 1.165) is 18.3 Å². The van der Waals surface area contributed by atoms with Crippen LogP contribution in [0, 0.1) is 5.95 Å². The molecule has 1 saturated heterocycles. The van der Waals surface area contributed by atoms with Gasteiger partial charge in [0, 0.05) is 42.4 Å². The number of carbonyl (C=O) groups excluding carboxylic acids is 1. The van der Waals surface area contributed by atoms with Gasteiger partial charge in [-0.05, 0) is 55.3 Å². The Morgan fingerprint density at radius 2 is 1.79 bits per heavy atom. The number of aromatic nitrogens is 4. The Kier molecular flexibility index (Phi) is 6.43. The van der Waals surface area contributed by atoms with Crippen molar-refractivity contribution in [3.8, 4) is 5.69 Å². The number of carboxylic acid groups (broad SMARTS) is 1. The highest BCUT2D eigenvalue weighted by Gasteiger charge is 2.31. The number of piperidine rings is 1. The normalized spacial score (nSPS) is 16.0. The topological polar surface area (TPSA) is 113 Å². The van der Waals surface area contributed by atoms with Gasteiger partial charge in [-0.25, -0.2) is 19.4 Å². The second-order valence-corrected chi connectivity index (χ2v) is 8.79. The van der Waals surface area contributed by atoms with Crippen LogP contribution in [-0.4, -0.2) is 54.8 Å². The number of hydrogen-bond acceptors (Lipinski definition) is 5. The van der Waals surface area contributed by atoms with Crippen LogP contribution in [0.4, 0.5) is 28.2 Å². The maximum absolute atomic E-state index is 14.9. The minimum absolute atomic E-state index is 0.111. The predicted octanol–water partition coefficient (Wildman–Crippen LogP) is 5.08. The number of anilines is 1. The number of likely N-dealkylation sites (tertiary alicyclic amines) is 1. The number of carbonyl (C=O) groups is 2. The summed E-state index contributed by atoms with van der Waals surface area (Å²) in [6, 6.07) is 9.03. The number of pyridine rings is 2. The number of amides is 2. The van der Waals surface area contributed by atoms with Gasteiger partial charge in [-0.15, -0.1) is 0 Å². The first kappa shape index (κ1) is 25.1. The molecular formula is C25H20F4N6O3. The van der Waals surface area contributed by atoms with Crippen molar-refractivity contribution < 1.29 is 32.3 Å². The molecule has 0 radical (unpaired) electrons. The highest BCUT2D eigenvalue weighted by atomic mass is 19.4. The molecule has 2 amide bonds. The smallest absolute Gasteiger partial charge is 0.416 e. The molecule has 1 unspecified atom stereocenters. The van der Waals surface area contributed by atoms with E-state index in [0.29, 0.717) is 36.2 Å². The summed E-state index contributed by atoms with van der Waals surface area (Å²) < 4.78 is 55.0. The number of halogens is 4. The van der Waals surface area contributed by atoms with Crippen molar-refractivity contribution in [3.63, 3.8) is 0 Å². The van der Waals surface area contributed by atoms with Crippen molar-refractivity contribution in [2.45, 2.75) is 24.9 Å². The van der Waals surface area contributed by atoms with Gasteiger partial charge < -0.3 is 15.3 Å². The zero-order valence-corrected chi connectivity index (χ0v) is 19.6. The lowest BCUT2D eigenvalue weighted by Crippen LogP contribution is -2.38. The molecule has 1 atom stereocenters. The first-order valence-corrected chi connectivity index (χ1v) is 11.6. The molecule has 9 nitrogen and oxygen atoms in total. The summed E-state index contributed by atoms with van der Waals surface area (Å²) in [6.07, 6.45) is -2.01. The van der Waals surface area contributed by atoms with Crippen molar-refractivity contribution in [1.82, 2.24) is 24.6 Å².